The highest BCUT2D eigenvalue weighted by atomic mass is 32.1. The lowest BCUT2D eigenvalue weighted by atomic mass is 10.0. The van der Waals surface area contributed by atoms with Gasteiger partial charge in [-0.3, -0.25) is 4.79 Å². The predicted octanol–water partition coefficient (Wildman–Crippen LogP) is 4.77. The van der Waals surface area contributed by atoms with Crippen LogP contribution in [0.1, 0.15) is 40.7 Å². The quantitative estimate of drug-likeness (QED) is 0.463. The summed E-state index contributed by atoms with van der Waals surface area (Å²) in [6.45, 7) is 0.617. The van der Waals surface area contributed by atoms with E-state index in [0.717, 1.165) is 39.9 Å². The van der Waals surface area contributed by atoms with Crippen LogP contribution in [0.15, 0.2) is 63.8 Å². The third-order valence-corrected chi connectivity index (χ3v) is 6.37. The van der Waals surface area contributed by atoms with Crippen LogP contribution in [-0.2, 0) is 0 Å². The van der Waals surface area contributed by atoms with E-state index in [-0.39, 0.29) is 17.5 Å². The molecule has 0 N–H and O–H groups in total. The number of carbonyl (C=O) groups excluding carboxylic acids is 1. The fraction of sp³-hybridized carbons (Fsp3) is 0.227. The van der Waals surface area contributed by atoms with E-state index >= 15 is 0 Å². The van der Waals surface area contributed by atoms with Gasteiger partial charge in [0.15, 0.2) is 0 Å². The number of thiazole rings is 1. The topological polar surface area (TPSA) is 63.4 Å². The molecule has 140 valence electrons. The number of rotatable bonds is 2. The van der Waals surface area contributed by atoms with Gasteiger partial charge in [0, 0.05) is 11.9 Å². The van der Waals surface area contributed by atoms with Gasteiger partial charge in [0.2, 0.25) is 0 Å². The zero-order valence-corrected chi connectivity index (χ0v) is 15.9. The van der Waals surface area contributed by atoms with Crippen LogP contribution >= 0.6 is 11.3 Å². The molecule has 6 heteroatoms. The molecular formula is C22H18N2O3S. The molecule has 0 bridgehead atoms. The number of hydrogen-bond donors (Lipinski definition) is 0. The zero-order chi connectivity index (χ0) is 19.1. The van der Waals surface area contributed by atoms with Gasteiger partial charge in [0.25, 0.3) is 5.91 Å². The zero-order valence-electron chi connectivity index (χ0n) is 15.1. The molecule has 0 aliphatic carbocycles. The smallest absolute Gasteiger partial charge is 0.349 e. The third kappa shape index (κ3) is 2.90. The van der Waals surface area contributed by atoms with E-state index in [9.17, 15) is 9.59 Å². The monoisotopic (exact) mass is 390 g/mol. The second-order valence-corrected chi connectivity index (χ2v) is 8.08. The molecule has 0 spiro atoms. The van der Waals surface area contributed by atoms with Gasteiger partial charge >= 0.3 is 5.63 Å². The molecule has 3 heterocycles. The van der Waals surface area contributed by atoms with Gasteiger partial charge in [-0.05, 0) is 43.5 Å². The highest BCUT2D eigenvalue weighted by molar-refractivity contribution is 7.18. The van der Waals surface area contributed by atoms with Crippen LogP contribution in [0.2, 0.25) is 0 Å². The second-order valence-electron chi connectivity index (χ2n) is 7.02. The number of aromatic nitrogens is 1. The molecule has 0 radical (unpaired) electrons. The van der Waals surface area contributed by atoms with Gasteiger partial charge in [-0.15, -0.1) is 11.3 Å². The van der Waals surface area contributed by atoms with Crippen molar-refractivity contribution in [2.24, 2.45) is 0 Å². The first-order valence-electron chi connectivity index (χ1n) is 9.40. The van der Waals surface area contributed by atoms with E-state index in [1.165, 1.54) is 0 Å². The predicted molar refractivity (Wildman–Crippen MR) is 110 cm³/mol. The summed E-state index contributed by atoms with van der Waals surface area (Å²) >= 11 is 1.62. The SMILES string of the molecule is O=C(c1cc2ccccc2oc1=O)N1CCCC[C@@H]1c1nc2ccccc2s1. The van der Waals surface area contributed by atoms with Crippen molar-refractivity contribution >= 4 is 38.4 Å². The number of amides is 1. The molecule has 2 aromatic carbocycles. The third-order valence-electron chi connectivity index (χ3n) is 5.23. The maximum absolute atomic E-state index is 13.3. The van der Waals surface area contributed by atoms with Crippen LogP contribution in [0, 0.1) is 0 Å². The van der Waals surface area contributed by atoms with Crippen molar-refractivity contribution in [3.63, 3.8) is 0 Å². The Kier molecular flexibility index (Phi) is 4.20. The summed E-state index contributed by atoms with van der Waals surface area (Å²) in [5.41, 5.74) is 0.945. The van der Waals surface area contributed by atoms with Gasteiger partial charge in [0.05, 0.1) is 16.3 Å². The van der Waals surface area contributed by atoms with E-state index < -0.39 is 5.63 Å². The number of benzene rings is 2. The molecule has 0 unspecified atom stereocenters. The molecular weight excluding hydrogens is 372 g/mol. The first kappa shape index (κ1) is 17.1. The fourth-order valence-electron chi connectivity index (χ4n) is 3.83. The first-order valence-corrected chi connectivity index (χ1v) is 10.2. The number of likely N-dealkylation sites (tertiary alicyclic amines) is 1. The van der Waals surface area contributed by atoms with Crippen LogP contribution in [0.3, 0.4) is 0 Å². The van der Waals surface area contributed by atoms with Crippen LogP contribution in [0.5, 0.6) is 0 Å². The van der Waals surface area contributed by atoms with E-state index in [0.29, 0.717) is 12.1 Å². The van der Waals surface area contributed by atoms with Crippen LogP contribution < -0.4 is 5.63 Å². The molecule has 1 fully saturated rings. The molecule has 1 atom stereocenters. The summed E-state index contributed by atoms with van der Waals surface area (Å²) in [5.74, 6) is -0.275. The molecule has 1 saturated heterocycles. The molecule has 5 nitrogen and oxygen atoms in total. The summed E-state index contributed by atoms with van der Waals surface area (Å²) < 4.78 is 6.49. The average Bonchev–Trinajstić information content (AvgIpc) is 3.17. The minimum atomic E-state index is -0.586. The Labute approximate surface area is 165 Å². The largest absolute Gasteiger partial charge is 0.422 e. The van der Waals surface area contributed by atoms with Crippen molar-refractivity contribution in [3.05, 3.63) is 75.6 Å². The normalized spacial score (nSPS) is 17.3. The van der Waals surface area contributed by atoms with Crippen molar-refractivity contribution in [2.75, 3.05) is 6.54 Å². The van der Waals surface area contributed by atoms with Gasteiger partial charge in [-0.25, -0.2) is 9.78 Å². The molecule has 1 aliphatic rings. The number of piperidine rings is 1. The average molecular weight is 390 g/mol. The van der Waals surface area contributed by atoms with Crippen molar-refractivity contribution in [2.45, 2.75) is 25.3 Å². The molecule has 4 aromatic rings. The lowest BCUT2D eigenvalue weighted by molar-refractivity contribution is 0.0607. The Morgan fingerprint density at radius 2 is 1.93 bits per heavy atom. The summed E-state index contributed by atoms with van der Waals surface area (Å²) in [6, 6.07) is 16.8. The highest BCUT2D eigenvalue weighted by Crippen LogP contribution is 2.36. The lowest BCUT2D eigenvalue weighted by Gasteiger charge is -2.34. The standard InChI is InChI=1S/C22H18N2O3S/c25-21(15-13-14-7-1-3-10-18(14)27-22(15)26)24-12-6-5-9-17(24)20-23-16-8-2-4-11-19(16)28-20/h1-4,7-8,10-11,13,17H,5-6,9,12H2/t17-/m1/s1. The molecule has 1 aliphatic heterocycles. The Morgan fingerprint density at radius 3 is 2.82 bits per heavy atom. The Bertz CT molecular complexity index is 1210. The summed E-state index contributed by atoms with van der Waals surface area (Å²) in [4.78, 5) is 32.3. The molecule has 28 heavy (non-hydrogen) atoms. The Hall–Kier alpha value is -2.99. The highest BCUT2D eigenvalue weighted by Gasteiger charge is 2.32. The van der Waals surface area contributed by atoms with Crippen LogP contribution in [0.4, 0.5) is 0 Å². The summed E-state index contributed by atoms with van der Waals surface area (Å²) in [6.07, 6.45) is 2.81. The van der Waals surface area contributed by atoms with E-state index in [1.54, 1.807) is 34.4 Å². The number of hydrogen-bond acceptors (Lipinski definition) is 5. The minimum absolute atomic E-state index is 0.0895. The fourth-order valence-corrected chi connectivity index (χ4v) is 4.94. The van der Waals surface area contributed by atoms with Crippen molar-refractivity contribution in [3.8, 4) is 0 Å². The maximum atomic E-state index is 13.3. The molecule has 0 saturated carbocycles. The van der Waals surface area contributed by atoms with E-state index in [2.05, 4.69) is 0 Å². The van der Waals surface area contributed by atoms with Crippen molar-refractivity contribution < 1.29 is 9.21 Å². The van der Waals surface area contributed by atoms with Crippen LogP contribution in [-0.4, -0.2) is 22.3 Å². The lowest BCUT2D eigenvalue weighted by Crippen LogP contribution is -2.40. The number of carbonyl (C=O) groups is 1. The van der Waals surface area contributed by atoms with Crippen molar-refractivity contribution in [1.29, 1.82) is 0 Å². The molecule has 5 rings (SSSR count). The minimum Gasteiger partial charge on any atom is -0.422 e. The maximum Gasteiger partial charge on any atom is 0.349 e. The molecule has 1 amide bonds. The number of fused-ring (bicyclic) bond motifs is 2. The first-order chi connectivity index (χ1) is 13.7. The van der Waals surface area contributed by atoms with Gasteiger partial charge in [0.1, 0.15) is 16.2 Å². The summed E-state index contributed by atoms with van der Waals surface area (Å²) in [5, 5.41) is 1.68. The van der Waals surface area contributed by atoms with E-state index in [1.807, 2.05) is 36.4 Å². The van der Waals surface area contributed by atoms with E-state index in [4.69, 9.17) is 9.40 Å². The number of nitrogens with zero attached hydrogens (tertiary/aromatic N) is 2. The van der Waals surface area contributed by atoms with Gasteiger partial charge < -0.3 is 9.32 Å². The Balaban J connectivity index is 1.55. The number of para-hydroxylation sites is 2. The Morgan fingerprint density at radius 1 is 1.11 bits per heavy atom. The van der Waals surface area contributed by atoms with Crippen molar-refractivity contribution in [1.82, 2.24) is 9.88 Å². The molecule has 2 aromatic heterocycles. The second kappa shape index (κ2) is 6.87. The summed E-state index contributed by atoms with van der Waals surface area (Å²) in [7, 11) is 0. The van der Waals surface area contributed by atoms with Crippen LogP contribution in [0.25, 0.3) is 21.2 Å². The van der Waals surface area contributed by atoms with Gasteiger partial charge in [-0.1, -0.05) is 30.3 Å². The van der Waals surface area contributed by atoms with Gasteiger partial charge in [-0.2, -0.15) is 0 Å².